The van der Waals surface area contributed by atoms with Crippen LogP contribution >= 0.6 is 0 Å². The Morgan fingerprint density at radius 1 is 0.286 bits per heavy atom. The molecule has 3 amide bonds. The standard InChI is InChI=1S/C43H54N6O2.C41H50N6O2.C39H46N6O2/c1-12-31-27(8)35-20-36-30(11)34(16-17-43(51)44-18-19-49(24(3)4)25(5)6)42(47-36)23-41-33(15-14-26(7)50)29(10)38(48-41)22-40-32(13-2)28(9)37(46-40)21-39(31)45-35;1-10-29-25(6)33-20-34-28(9)32(16-17-41(49)42-18-19-47(12-3)13-4)40(45-34)23-39-31(15-14-24(5)48)27(8)36(46-39)22-38-30(11-2)26(7)35(44-38)21-37(29)43-33;1-10-27-23(4)31-18-32-26(7)30(14-15-39(47)40-16-17-45(8)9)38(43-32)21-37-29(13-12-22(3)46)25(6)34(44-37)20-36-28(11-2)24(5)33(42-36)19-35(27)41-31/h12-13,20-25,45-46H,1-2,14-19H2,3-11H3,(H,44,51);10-11,20-23,43-44H,1-2,12-19H2,3-9H3,(H,42,49);10-11,18-21,41-42H,1-2,12-17H2,3-9H3,(H,40,47). The number of likely N-dealkylation sites (N-methyl/N-ethyl adjacent to an activating group) is 2. The first-order chi connectivity index (χ1) is 70.1. The van der Waals surface area contributed by atoms with Crippen LogP contribution in [0, 0.1) is 41.5 Å². The first-order valence-corrected chi connectivity index (χ1v) is 51.8. The van der Waals surface area contributed by atoms with Crippen molar-refractivity contribution < 1.29 is 28.8 Å². The SMILES string of the molecule is C=Cc1c(C)c2cc3[nH]c(cc4nc(cc5nc(cc1[nH]2)C(C)=C5CCC(C)=O)C(CCC(=O)NCCN(C(C)C)C(C)C)=C4C)c(C)c3C=C.C=Cc1c(C)c2cc3[nH]c(cc4nc(cc5nc(cc1[nH]2)C(C)=C5CCC(C)=O)C(CCC(=O)NCCN(C)C)=C4C)c(C)c3C=C.C=Cc1c(C)c2cc3[nH]c(cc4nc(cc5nc(cc1[nH]2)C(C)=C5CCC(C)=O)C(CCC(=O)NCCN(CC)CC)=C4C)c(C)c3C=C. The van der Waals surface area contributed by atoms with Crippen LogP contribution in [0.5, 0.6) is 0 Å². The molecular formula is C123H150N18O6. The number of carbonyl (C=O) groups excluding carboxylic acids is 6. The smallest absolute Gasteiger partial charge is 0.220 e. The number of ketones is 3. The van der Waals surface area contributed by atoms with Crippen LogP contribution in [0.2, 0.25) is 0 Å². The van der Waals surface area contributed by atoms with Crippen molar-refractivity contribution in [3.05, 3.63) is 247 Å². The molecule has 24 heteroatoms. The van der Waals surface area contributed by atoms with Crippen molar-refractivity contribution in [2.45, 2.75) is 235 Å². The van der Waals surface area contributed by atoms with Crippen molar-refractivity contribution in [1.82, 2.24) is 90.5 Å². The van der Waals surface area contributed by atoms with E-state index in [9.17, 15) is 28.8 Å². The first-order valence-electron chi connectivity index (χ1n) is 51.8. The Kier molecular flexibility index (Phi) is 36.0. The van der Waals surface area contributed by atoms with Gasteiger partial charge in [-0.2, -0.15) is 0 Å². The number of H-pyrrole nitrogens is 6. The van der Waals surface area contributed by atoms with E-state index < -0.39 is 0 Å². The zero-order valence-electron chi connectivity index (χ0n) is 90.9. The Morgan fingerprint density at radius 2 is 0.483 bits per heavy atom. The summed E-state index contributed by atoms with van der Waals surface area (Å²) in [6.45, 7) is 73.7. The van der Waals surface area contributed by atoms with E-state index in [4.69, 9.17) is 29.9 Å². The molecule has 0 spiro atoms. The van der Waals surface area contributed by atoms with Crippen LogP contribution in [0.15, 0.2) is 112 Å². The summed E-state index contributed by atoms with van der Waals surface area (Å²) in [7, 11) is 3.98. The lowest BCUT2D eigenvalue weighted by atomic mass is 9.97. The number of hydrogen-bond acceptors (Lipinski definition) is 15. The molecule has 0 unspecified atom stereocenters. The van der Waals surface area contributed by atoms with E-state index in [-0.39, 0.29) is 35.1 Å². The van der Waals surface area contributed by atoms with Crippen molar-refractivity contribution in [3.8, 4) is 0 Å². The Labute approximate surface area is 866 Å². The molecule has 24 bridgehead atoms. The molecule has 0 saturated heterocycles. The lowest BCUT2D eigenvalue weighted by Crippen LogP contribution is -2.42. The van der Waals surface area contributed by atoms with Crippen LogP contribution in [0.4, 0.5) is 0 Å². The molecule has 9 aromatic rings. The maximum Gasteiger partial charge on any atom is 0.220 e. The number of fused-ring (bicyclic) bond motifs is 24. The zero-order chi connectivity index (χ0) is 107. The van der Waals surface area contributed by atoms with Crippen LogP contribution in [-0.4, -0.2) is 188 Å². The second-order valence-corrected chi connectivity index (χ2v) is 40.2. The lowest BCUT2D eigenvalue weighted by molar-refractivity contribution is -0.121. The van der Waals surface area contributed by atoms with E-state index in [1.165, 1.54) is 0 Å². The summed E-state index contributed by atoms with van der Waals surface area (Å²) < 4.78 is 0. The molecule has 0 saturated carbocycles. The molecule has 147 heavy (non-hydrogen) atoms. The maximum absolute atomic E-state index is 13.2. The van der Waals surface area contributed by atoms with Gasteiger partial charge >= 0.3 is 0 Å². The summed E-state index contributed by atoms with van der Waals surface area (Å²) >= 11 is 0. The number of hydrogen-bond donors (Lipinski definition) is 9. The molecule has 768 valence electrons. The van der Waals surface area contributed by atoms with Gasteiger partial charge in [-0.15, -0.1) is 0 Å². The predicted octanol–water partition coefficient (Wildman–Crippen LogP) is 26.1. The number of rotatable bonds is 37. The lowest BCUT2D eigenvalue weighted by Gasteiger charge is -2.30. The van der Waals surface area contributed by atoms with Crippen LogP contribution in [0.25, 0.3) is 170 Å². The molecule has 0 aromatic carbocycles. The fourth-order valence-electron chi connectivity index (χ4n) is 20.5. The molecule has 6 aliphatic rings. The molecule has 9 N–H and O–H groups in total. The highest BCUT2D eigenvalue weighted by Gasteiger charge is 2.30. The van der Waals surface area contributed by atoms with Crippen molar-refractivity contribution in [2.24, 2.45) is 0 Å². The number of aromatic nitrogens is 12. The summed E-state index contributed by atoms with van der Waals surface area (Å²) in [6, 6.07) is 25.8. The molecule has 0 fully saturated rings. The molecular weight excluding hydrogens is 1830 g/mol. The second kappa shape index (κ2) is 48.2. The van der Waals surface area contributed by atoms with E-state index >= 15 is 0 Å². The van der Waals surface area contributed by atoms with Crippen LogP contribution < -0.4 is 16.0 Å². The molecule has 0 radical (unpaired) electrons. The van der Waals surface area contributed by atoms with Crippen LogP contribution in [-0.2, 0) is 28.8 Å². The number of Topliss-reactive ketones (excluding diaryl/α,β-unsaturated/α-hetero) is 3. The van der Waals surface area contributed by atoms with E-state index in [0.717, 1.165) is 301 Å². The molecule has 15 rings (SSSR count). The number of amides is 3. The van der Waals surface area contributed by atoms with E-state index in [2.05, 4.69) is 274 Å². The third-order valence-corrected chi connectivity index (χ3v) is 29.7. The summed E-state index contributed by atoms with van der Waals surface area (Å²) in [5, 5.41) is 9.28. The highest BCUT2D eigenvalue weighted by molar-refractivity contribution is 6.03. The number of carbonyl (C=O) groups is 6. The number of allylic oxidation sites excluding steroid dienone is 12. The van der Waals surface area contributed by atoms with Crippen molar-refractivity contribution in [2.75, 3.05) is 66.5 Å². The van der Waals surface area contributed by atoms with Crippen molar-refractivity contribution in [3.63, 3.8) is 0 Å². The van der Waals surface area contributed by atoms with Crippen LogP contribution in [0.3, 0.4) is 0 Å². The third kappa shape index (κ3) is 24.9. The third-order valence-electron chi connectivity index (χ3n) is 29.7. The highest BCUT2D eigenvalue weighted by atomic mass is 16.2. The van der Waals surface area contributed by atoms with Crippen molar-refractivity contribution in [1.29, 1.82) is 0 Å². The second-order valence-electron chi connectivity index (χ2n) is 40.2. The average molecular weight is 1980 g/mol. The van der Waals surface area contributed by atoms with Gasteiger partial charge in [0, 0.05) is 189 Å². The van der Waals surface area contributed by atoms with Gasteiger partial charge < -0.3 is 70.0 Å². The molecule has 9 aromatic heterocycles. The number of nitrogens with one attached hydrogen (secondary N) is 9. The van der Waals surface area contributed by atoms with E-state index in [0.29, 0.717) is 109 Å². The van der Waals surface area contributed by atoms with Gasteiger partial charge in [0.2, 0.25) is 17.7 Å². The summed E-state index contributed by atoms with van der Waals surface area (Å²) in [5.74, 6) is 0.463. The topological polar surface area (TPSA) is 320 Å². The highest BCUT2D eigenvalue weighted by Crippen LogP contribution is 2.44. The van der Waals surface area contributed by atoms with E-state index in [1.54, 1.807) is 20.8 Å². The molecule has 24 nitrogen and oxygen atoms in total. The molecule has 6 aliphatic heterocycles. The predicted molar refractivity (Wildman–Crippen MR) is 617 cm³/mol. The fourth-order valence-corrected chi connectivity index (χ4v) is 20.5. The Bertz CT molecular complexity index is 7590. The average Bonchev–Trinajstić information content (AvgIpc) is 1.62. The van der Waals surface area contributed by atoms with Crippen LogP contribution in [0.1, 0.15) is 316 Å². The normalized spacial score (nSPS) is 13.1. The summed E-state index contributed by atoms with van der Waals surface area (Å²) in [4.78, 5) is 135. The summed E-state index contributed by atoms with van der Waals surface area (Å²) in [6.07, 6.45) is 17.0. The van der Waals surface area contributed by atoms with Gasteiger partial charge in [-0.1, -0.05) is 89.8 Å². The largest absolute Gasteiger partial charge is 0.355 e. The first kappa shape index (κ1) is 110. The minimum absolute atomic E-state index is 0.0121. The Balaban J connectivity index is 0.000000184. The molecule has 0 aliphatic carbocycles. The zero-order valence-corrected chi connectivity index (χ0v) is 90.9. The Hall–Kier alpha value is -14.5. The molecule has 15 heterocycles. The van der Waals surface area contributed by atoms with Crippen molar-refractivity contribution >= 4 is 205 Å². The number of aryl methyl sites for hydroxylation is 6. The van der Waals surface area contributed by atoms with E-state index in [1.807, 2.05) is 73.7 Å². The quantitative estimate of drug-likeness (QED) is 0.0175. The minimum Gasteiger partial charge on any atom is -0.355 e. The van der Waals surface area contributed by atoms with Gasteiger partial charge in [0.1, 0.15) is 17.3 Å². The summed E-state index contributed by atoms with van der Waals surface area (Å²) in [5.41, 5.74) is 46.1. The molecule has 0 atom stereocenters. The monoisotopic (exact) mass is 1980 g/mol. The van der Waals surface area contributed by atoms with Gasteiger partial charge in [-0.05, 0) is 370 Å². The van der Waals surface area contributed by atoms with Gasteiger partial charge in [-0.3, -0.25) is 19.3 Å². The number of aromatic amines is 6. The number of nitrogens with zero attached hydrogens (tertiary/aromatic N) is 9. The minimum atomic E-state index is 0.0121. The Morgan fingerprint density at radius 3 is 0.687 bits per heavy atom. The van der Waals surface area contributed by atoms with Gasteiger partial charge in [0.25, 0.3) is 0 Å². The van der Waals surface area contributed by atoms with Gasteiger partial charge in [0.05, 0.1) is 68.3 Å². The van der Waals surface area contributed by atoms with Gasteiger partial charge in [-0.25, -0.2) is 29.9 Å². The van der Waals surface area contributed by atoms with Gasteiger partial charge in [0.15, 0.2) is 0 Å². The maximum atomic E-state index is 13.2. The fraction of sp³-hybridized carbons (Fsp3) is 0.366.